The summed E-state index contributed by atoms with van der Waals surface area (Å²) >= 11 is 0. The number of hydrogen-bond acceptors (Lipinski definition) is 9. The lowest BCUT2D eigenvalue weighted by molar-refractivity contribution is 0.107. The van der Waals surface area contributed by atoms with Gasteiger partial charge in [0.1, 0.15) is 41.3 Å². The van der Waals surface area contributed by atoms with E-state index in [-0.39, 0.29) is 58.5 Å². The zero-order chi connectivity index (χ0) is 33.2. The monoisotopic (exact) mass is 648 g/mol. The summed E-state index contributed by atoms with van der Waals surface area (Å²) in [6, 6.07) is 11.3. The van der Waals surface area contributed by atoms with Gasteiger partial charge in [0.05, 0.1) is 28.3 Å². The van der Waals surface area contributed by atoms with Crippen molar-refractivity contribution in [3.8, 4) is 35.4 Å². The Hall–Kier alpha value is -5.54. The Labute approximate surface area is 273 Å². The Bertz CT molecular complexity index is 2370. The number of aromatic hydroxyl groups is 1. The Balaban J connectivity index is 1.28. The molecule has 0 radical (unpaired) electrons. The second-order valence-electron chi connectivity index (χ2n) is 12.5. The number of ether oxygens (including phenoxy) is 1. The maximum atomic E-state index is 14.9. The van der Waals surface area contributed by atoms with E-state index in [9.17, 15) is 18.7 Å². The molecule has 2 aliphatic rings. The Morgan fingerprint density at radius 3 is 2.96 bits per heavy atom. The Kier molecular flexibility index (Phi) is 7.03. The maximum absolute atomic E-state index is 14.9. The standard InChI is InChI=1S/C36H30F2N6O4/c1-3-25-27(38)9-8-21-13-24(45)14-26(29(21)25)32-20(2)31-30(34(46)48-32)33(39-16-22-17-40-44-12-5-4-7-28(22)44)42-35(41-31)47-19-36-10-6-11-43(36)18-23(37)15-36/h1,4-5,7-9,12-14,17,23,45H,6,10-11,15-16,18-19H2,2H3,(H,39,41,42)/t23-,36+/m1/s1. The lowest BCUT2D eigenvalue weighted by Gasteiger charge is -2.30. The lowest BCUT2D eigenvalue weighted by atomic mass is 9.95. The van der Waals surface area contributed by atoms with Crippen molar-refractivity contribution in [1.29, 1.82) is 0 Å². The number of nitrogens with one attached hydrogen (secondary N) is 1. The molecule has 48 heavy (non-hydrogen) atoms. The summed E-state index contributed by atoms with van der Waals surface area (Å²) < 4.78 is 43.3. The van der Waals surface area contributed by atoms with Crippen molar-refractivity contribution in [2.24, 2.45) is 0 Å². The number of nitrogens with zero attached hydrogens (tertiary/aromatic N) is 5. The number of benzene rings is 2. The van der Waals surface area contributed by atoms with Crippen LogP contribution in [0.25, 0.3) is 38.5 Å². The van der Waals surface area contributed by atoms with Crippen LogP contribution in [0.15, 0.2) is 64.1 Å². The van der Waals surface area contributed by atoms with Gasteiger partial charge in [0.25, 0.3) is 0 Å². The van der Waals surface area contributed by atoms with E-state index < -0.39 is 23.2 Å². The molecule has 2 saturated heterocycles. The second kappa shape index (κ2) is 11.3. The number of phenols is 1. The fourth-order valence-corrected chi connectivity index (χ4v) is 7.38. The minimum atomic E-state index is -0.932. The van der Waals surface area contributed by atoms with Crippen LogP contribution in [0.3, 0.4) is 0 Å². The van der Waals surface area contributed by atoms with E-state index in [2.05, 4.69) is 26.2 Å². The van der Waals surface area contributed by atoms with Crippen LogP contribution in [-0.2, 0) is 6.54 Å². The SMILES string of the molecule is C#Cc1c(F)ccc2cc(O)cc(-c3oc(=O)c4c(NCc5cnn6ccccc56)nc(OC[C@@]56CCCN5C[C@H](F)C6)nc4c3C)c12. The van der Waals surface area contributed by atoms with Gasteiger partial charge < -0.3 is 19.6 Å². The molecule has 0 bridgehead atoms. The average molecular weight is 649 g/mol. The third kappa shape index (κ3) is 4.81. The molecule has 6 aromatic rings. The van der Waals surface area contributed by atoms with Gasteiger partial charge >= 0.3 is 11.6 Å². The van der Waals surface area contributed by atoms with Crippen LogP contribution in [0.2, 0.25) is 0 Å². The summed E-state index contributed by atoms with van der Waals surface area (Å²) in [6.07, 6.45) is 10.5. The highest BCUT2D eigenvalue weighted by Crippen LogP contribution is 2.41. The van der Waals surface area contributed by atoms with E-state index in [0.717, 1.165) is 30.5 Å². The first-order chi connectivity index (χ1) is 23.2. The van der Waals surface area contributed by atoms with Gasteiger partial charge in [0.15, 0.2) is 0 Å². The van der Waals surface area contributed by atoms with Gasteiger partial charge in [-0.25, -0.2) is 18.1 Å². The van der Waals surface area contributed by atoms with Gasteiger partial charge in [-0.1, -0.05) is 18.1 Å². The smallest absolute Gasteiger partial charge is 0.349 e. The second-order valence-corrected chi connectivity index (χ2v) is 12.5. The molecule has 8 rings (SSSR count). The molecule has 242 valence electrons. The Morgan fingerprint density at radius 2 is 2.10 bits per heavy atom. The molecule has 12 heteroatoms. The number of hydrogen-bond donors (Lipinski definition) is 2. The molecule has 0 spiro atoms. The number of pyridine rings is 1. The molecular weight excluding hydrogens is 618 g/mol. The molecule has 2 aromatic carbocycles. The molecule has 2 N–H and O–H groups in total. The summed E-state index contributed by atoms with van der Waals surface area (Å²) in [5, 5.41) is 19.1. The zero-order valence-corrected chi connectivity index (χ0v) is 26.0. The molecule has 2 fully saturated rings. The van der Waals surface area contributed by atoms with Crippen LogP contribution in [0, 0.1) is 25.1 Å². The quantitative estimate of drug-likeness (QED) is 0.209. The minimum absolute atomic E-state index is 0.00386. The minimum Gasteiger partial charge on any atom is -0.508 e. The number of halogens is 2. The number of terminal acetylenes is 1. The van der Waals surface area contributed by atoms with Crippen LogP contribution in [0.4, 0.5) is 14.6 Å². The van der Waals surface area contributed by atoms with Crippen LogP contribution in [-0.4, -0.2) is 61.0 Å². The first-order valence-corrected chi connectivity index (χ1v) is 15.7. The molecule has 2 atom stereocenters. The van der Waals surface area contributed by atoms with Crippen molar-refractivity contribution in [2.75, 3.05) is 25.0 Å². The maximum Gasteiger partial charge on any atom is 0.349 e. The lowest BCUT2D eigenvalue weighted by Crippen LogP contribution is -2.43. The highest BCUT2D eigenvalue weighted by Gasteiger charge is 2.49. The predicted octanol–water partition coefficient (Wildman–Crippen LogP) is 5.75. The third-order valence-corrected chi connectivity index (χ3v) is 9.61. The zero-order valence-electron chi connectivity index (χ0n) is 26.0. The molecule has 4 aromatic heterocycles. The van der Waals surface area contributed by atoms with Gasteiger partial charge in [0, 0.05) is 47.8 Å². The molecule has 0 unspecified atom stereocenters. The topological polar surface area (TPSA) is 118 Å². The summed E-state index contributed by atoms with van der Waals surface area (Å²) in [6.45, 7) is 3.33. The number of aryl methyl sites for hydroxylation is 1. The van der Waals surface area contributed by atoms with Crippen LogP contribution in [0.5, 0.6) is 11.8 Å². The summed E-state index contributed by atoms with van der Waals surface area (Å²) in [5.41, 5.74) is 1.38. The Morgan fingerprint density at radius 1 is 1.23 bits per heavy atom. The third-order valence-electron chi connectivity index (χ3n) is 9.61. The number of fused-ring (bicyclic) bond motifs is 4. The van der Waals surface area contributed by atoms with Crippen molar-refractivity contribution in [2.45, 2.75) is 44.4 Å². The number of anilines is 1. The summed E-state index contributed by atoms with van der Waals surface area (Å²) in [5.74, 6) is 1.88. The molecule has 0 aliphatic carbocycles. The van der Waals surface area contributed by atoms with E-state index in [1.807, 2.05) is 24.4 Å². The van der Waals surface area contributed by atoms with Crippen LogP contribution >= 0.6 is 0 Å². The molecule has 0 amide bonds. The molecule has 2 aliphatic heterocycles. The van der Waals surface area contributed by atoms with Crippen molar-refractivity contribution >= 4 is 33.0 Å². The summed E-state index contributed by atoms with van der Waals surface area (Å²) in [7, 11) is 0. The van der Waals surface area contributed by atoms with E-state index in [0.29, 0.717) is 29.3 Å². The van der Waals surface area contributed by atoms with E-state index in [4.69, 9.17) is 20.6 Å². The van der Waals surface area contributed by atoms with Crippen molar-refractivity contribution in [3.63, 3.8) is 0 Å². The normalized spacial score (nSPS) is 19.2. The van der Waals surface area contributed by atoms with Crippen molar-refractivity contribution in [1.82, 2.24) is 24.5 Å². The highest BCUT2D eigenvalue weighted by atomic mass is 19.1. The largest absolute Gasteiger partial charge is 0.508 e. The number of rotatable bonds is 7. The number of aromatic nitrogens is 4. The van der Waals surface area contributed by atoms with Crippen LogP contribution in [0.1, 0.15) is 36.0 Å². The van der Waals surface area contributed by atoms with Crippen LogP contribution < -0.4 is 15.7 Å². The highest BCUT2D eigenvalue weighted by molar-refractivity contribution is 6.03. The first kappa shape index (κ1) is 29.8. The first-order valence-electron chi connectivity index (χ1n) is 15.7. The number of alkyl halides is 1. The van der Waals surface area contributed by atoms with Crippen molar-refractivity contribution in [3.05, 3.63) is 87.8 Å². The van der Waals surface area contributed by atoms with Gasteiger partial charge in [-0.3, -0.25) is 4.90 Å². The van der Waals surface area contributed by atoms with Gasteiger partial charge in [-0.15, -0.1) is 6.42 Å². The fraction of sp³-hybridized carbons (Fsp3) is 0.278. The van der Waals surface area contributed by atoms with Crippen molar-refractivity contribution < 1.29 is 23.0 Å². The van der Waals surface area contributed by atoms with Gasteiger partial charge in [-0.05, 0) is 62.0 Å². The molecule has 10 nitrogen and oxygen atoms in total. The predicted molar refractivity (Wildman–Crippen MR) is 176 cm³/mol. The van der Waals surface area contributed by atoms with E-state index >= 15 is 0 Å². The number of phenolic OH excluding ortho intramolecular Hbond substituents is 1. The van der Waals surface area contributed by atoms with Gasteiger partial charge in [-0.2, -0.15) is 15.1 Å². The average Bonchev–Trinajstić information content (AvgIpc) is 3.76. The van der Waals surface area contributed by atoms with Gasteiger partial charge in [0.2, 0.25) is 0 Å². The fourth-order valence-electron chi connectivity index (χ4n) is 7.38. The van der Waals surface area contributed by atoms with E-state index in [1.165, 1.54) is 24.3 Å². The molecule has 0 saturated carbocycles. The van der Waals surface area contributed by atoms with E-state index in [1.54, 1.807) is 17.6 Å². The summed E-state index contributed by atoms with van der Waals surface area (Å²) in [4.78, 5) is 25.3. The molecular formula is C36H30F2N6O4. The molecule has 6 heterocycles.